The lowest BCUT2D eigenvalue weighted by Crippen LogP contribution is -2.14. The van der Waals surface area contributed by atoms with E-state index < -0.39 is 24.8 Å². The van der Waals surface area contributed by atoms with Gasteiger partial charge in [0.25, 0.3) is 12.3 Å². The monoisotopic (exact) mass is 299 g/mol. The number of hydrogen-bond acceptors (Lipinski definition) is 3. The van der Waals surface area contributed by atoms with Crippen molar-refractivity contribution in [3.05, 3.63) is 42.0 Å². The van der Waals surface area contributed by atoms with Crippen LogP contribution in [0.25, 0.3) is 0 Å². The lowest BCUT2D eigenvalue weighted by atomic mass is 10.2. The topological polar surface area (TPSA) is 56.2 Å². The van der Waals surface area contributed by atoms with Gasteiger partial charge in [0.15, 0.2) is 0 Å². The fraction of sp³-hybridized carbons (Fsp3) is 0.231. The molecule has 21 heavy (non-hydrogen) atoms. The van der Waals surface area contributed by atoms with Crippen molar-refractivity contribution in [2.24, 2.45) is 7.05 Å². The van der Waals surface area contributed by atoms with Gasteiger partial charge in [-0.3, -0.25) is 9.48 Å². The number of aryl methyl sites for hydroxylation is 1. The summed E-state index contributed by atoms with van der Waals surface area (Å²) in [6, 6.07) is 3.26. The Kier molecular flexibility index (Phi) is 4.46. The average Bonchev–Trinajstić information content (AvgIpc) is 2.85. The molecular formula is C13H12F3N3O2. The van der Waals surface area contributed by atoms with Gasteiger partial charge in [0.2, 0.25) is 0 Å². The molecule has 1 aromatic heterocycles. The summed E-state index contributed by atoms with van der Waals surface area (Å²) < 4.78 is 43.7. The van der Waals surface area contributed by atoms with Gasteiger partial charge in [-0.15, -0.1) is 0 Å². The van der Waals surface area contributed by atoms with Crippen molar-refractivity contribution < 1.29 is 22.7 Å². The number of anilines is 1. The second kappa shape index (κ2) is 6.29. The van der Waals surface area contributed by atoms with E-state index in [0.717, 1.165) is 12.1 Å². The largest absolute Gasteiger partial charge is 0.485 e. The summed E-state index contributed by atoms with van der Waals surface area (Å²) in [5, 5.41) is 6.30. The Balaban J connectivity index is 2.16. The Morgan fingerprint density at radius 3 is 2.86 bits per heavy atom. The van der Waals surface area contributed by atoms with Crippen LogP contribution in [0.5, 0.6) is 5.75 Å². The van der Waals surface area contributed by atoms with Gasteiger partial charge in [0.05, 0.1) is 17.4 Å². The van der Waals surface area contributed by atoms with Gasteiger partial charge in [-0.05, 0) is 12.1 Å². The quantitative estimate of drug-likeness (QED) is 0.922. The van der Waals surface area contributed by atoms with Crippen LogP contribution in [0, 0.1) is 5.82 Å². The van der Waals surface area contributed by atoms with Crippen LogP contribution in [0.1, 0.15) is 10.4 Å². The summed E-state index contributed by atoms with van der Waals surface area (Å²) in [4.78, 5) is 11.9. The van der Waals surface area contributed by atoms with Crippen molar-refractivity contribution >= 4 is 11.6 Å². The first kappa shape index (κ1) is 14.9. The Bertz CT molecular complexity index is 643. The van der Waals surface area contributed by atoms with Crippen LogP contribution in [0.15, 0.2) is 30.6 Å². The second-order valence-electron chi connectivity index (χ2n) is 4.20. The molecule has 8 heteroatoms. The predicted octanol–water partition coefficient (Wildman–Crippen LogP) is 2.46. The van der Waals surface area contributed by atoms with E-state index in [-0.39, 0.29) is 17.0 Å². The Labute approximate surface area is 118 Å². The van der Waals surface area contributed by atoms with Crippen LogP contribution in [-0.4, -0.2) is 28.7 Å². The van der Waals surface area contributed by atoms with Gasteiger partial charge in [-0.2, -0.15) is 5.10 Å². The molecule has 0 bridgehead atoms. The predicted molar refractivity (Wildman–Crippen MR) is 69.1 cm³/mol. The maximum absolute atomic E-state index is 13.1. The summed E-state index contributed by atoms with van der Waals surface area (Å²) >= 11 is 0. The van der Waals surface area contributed by atoms with Crippen molar-refractivity contribution in [3.63, 3.8) is 0 Å². The summed E-state index contributed by atoms with van der Waals surface area (Å²) in [5.41, 5.74) is 0.382. The highest BCUT2D eigenvalue weighted by molar-refractivity contribution is 6.04. The molecule has 5 nitrogen and oxygen atoms in total. The summed E-state index contributed by atoms with van der Waals surface area (Å²) in [7, 11) is 1.64. The number of hydrogen-bond donors (Lipinski definition) is 1. The third-order valence-electron chi connectivity index (χ3n) is 2.52. The third kappa shape index (κ3) is 3.98. The minimum Gasteiger partial charge on any atom is -0.485 e. The minimum atomic E-state index is -2.70. The van der Waals surface area contributed by atoms with E-state index in [2.05, 4.69) is 10.4 Å². The molecule has 1 amide bonds. The molecule has 0 aliphatic rings. The molecule has 0 aliphatic heterocycles. The second-order valence-corrected chi connectivity index (χ2v) is 4.20. The van der Waals surface area contributed by atoms with Gasteiger partial charge >= 0.3 is 0 Å². The molecule has 1 aromatic carbocycles. The minimum absolute atomic E-state index is 0.103. The lowest BCUT2D eigenvalue weighted by molar-refractivity contribution is 0.0820. The van der Waals surface area contributed by atoms with Crippen LogP contribution >= 0.6 is 0 Å². The number of halogens is 3. The fourth-order valence-corrected chi connectivity index (χ4v) is 1.60. The maximum Gasteiger partial charge on any atom is 0.272 e. The van der Waals surface area contributed by atoms with Crippen LogP contribution in [0.4, 0.5) is 18.9 Å². The molecule has 112 valence electrons. The SMILES string of the molecule is Cn1cc(C(=O)Nc2ccc(F)cc2OCC(F)F)cn1. The number of ether oxygens (including phenoxy) is 1. The smallest absolute Gasteiger partial charge is 0.272 e. The van der Waals surface area contributed by atoms with Crippen molar-refractivity contribution in [2.45, 2.75) is 6.43 Å². The van der Waals surface area contributed by atoms with Gasteiger partial charge in [-0.1, -0.05) is 0 Å². The van der Waals surface area contributed by atoms with Crippen molar-refractivity contribution in [1.29, 1.82) is 0 Å². The van der Waals surface area contributed by atoms with Crippen molar-refractivity contribution in [2.75, 3.05) is 11.9 Å². The zero-order valence-corrected chi connectivity index (χ0v) is 11.0. The van der Waals surface area contributed by atoms with E-state index >= 15 is 0 Å². The number of nitrogens with one attached hydrogen (secondary N) is 1. The highest BCUT2D eigenvalue weighted by Gasteiger charge is 2.14. The van der Waals surface area contributed by atoms with E-state index in [1.165, 1.54) is 23.1 Å². The first-order chi connectivity index (χ1) is 9.95. The van der Waals surface area contributed by atoms with Gasteiger partial charge in [-0.25, -0.2) is 13.2 Å². The molecule has 2 rings (SSSR count). The standard InChI is InChI=1S/C13H12F3N3O2/c1-19-6-8(5-17-19)13(20)18-10-3-2-9(14)4-11(10)21-7-12(15)16/h2-6,12H,7H2,1H3,(H,18,20). The van der Waals surface area contributed by atoms with E-state index in [1.807, 2.05) is 0 Å². The van der Waals surface area contributed by atoms with Crippen LogP contribution in [0.2, 0.25) is 0 Å². The number of amides is 1. The van der Waals surface area contributed by atoms with E-state index in [1.54, 1.807) is 7.05 Å². The Morgan fingerprint density at radius 1 is 1.48 bits per heavy atom. The highest BCUT2D eigenvalue weighted by Crippen LogP contribution is 2.26. The number of benzene rings is 1. The number of carbonyl (C=O) groups excluding carboxylic acids is 1. The number of rotatable bonds is 5. The lowest BCUT2D eigenvalue weighted by Gasteiger charge is -2.12. The molecule has 0 fully saturated rings. The summed E-state index contributed by atoms with van der Waals surface area (Å²) in [6.45, 7) is -0.890. The zero-order chi connectivity index (χ0) is 15.4. The molecule has 0 spiro atoms. The molecule has 2 aromatic rings. The first-order valence-electron chi connectivity index (χ1n) is 5.96. The van der Waals surface area contributed by atoms with Crippen molar-refractivity contribution in [1.82, 2.24) is 9.78 Å². The van der Waals surface area contributed by atoms with Gasteiger partial charge in [0.1, 0.15) is 18.2 Å². The van der Waals surface area contributed by atoms with E-state index in [4.69, 9.17) is 4.74 Å². The highest BCUT2D eigenvalue weighted by atomic mass is 19.3. The molecule has 0 unspecified atom stereocenters. The Hall–Kier alpha value is -2.51. The molecule has 0 atom stereocenters. The fourth-order valence-electron chi connectivity index (χ4n) is 1.60. The normalized spacial score (nSPS) is 10.7. The molecule has 0 aliphatic carbocycles. The van der Waals surface area contributed by atoms with Crippen LogP contribution in [0.3, 0.4) is 0 Å². The molecule has 1 heterocycles. The number of nitrogens with zero attached hydrogens (tertiary/aromatic N) is 2. The van der Waals surface area contributed by atoms with E-state index in [9.17, 15) is 18.0 Å². The number of aromatic nitrogens is 2. The van der Waals surface area contributed by atoms with Crippen molar-refractivity contribution in [3.8, 4) is 5.75 Å². The van der Waals surface area contributed by atoms with E-state index in [0.29, 0.717) is 0 Å². The first-order valence-corrected chi connectivity index (χ1v) is 5.96. The maximum atomic E-state index is 13.1. The van der Waals surface area contributed by atoms with Crippen LogP contribution in [-0.2, 0) is 7.05 Å². The molecular weight excluding hydrogens is 287 g/mol. The van der Waals surface area contributed by atoms with Gasteiger partial charge in [0, 0.05) is 19.3 Å². The van der Waals surface area contributed by atoms with Crippen LogP contribution < -0.4 is 10.1 Å². The van der Waals surface area contributed by atoms with Gasteiger partial charge < -0.3 is 10.1 Å². The summed E-state index contributed by atoms with van der Waals surface area (Å²) in [6.07, 6.45) is 0.132. The molecule has 1 N–H and O–H groups in total. The number of carbonyl (C=O) groups is 1. The molecule has 0 saturated carbocycles. The average molecular weight is 299 g/mol. The third-order valence-corrected chi connectivity index (χ3v) is 2.52. The number of alkyl halides is 2. The molecule has 0 radical (unpaired) electrons. The zero-order valence-electron chi connectivity index (χ0n) is 11.0. The molecule has 0 saturated heterocycles. The summed E-state index contributed by atoms with van der Waals surface area (Å²) in [5.74, 6) is -1.32. The Morgan fingerprint density at radius 2 is 2.24 bits per heavy atom.